The van der Waals surface area contributed by atoms with E-state index in [1.54, 1.807) is 30.7 Å². The first-order valence-corrected chi connectivity index (χ1v) is 6.11. The SMILES string of the molecule is CCOC(=O)c1nc(C)n(C(C)c2ccco2)c1N. The average molecular weight is 263 g/mol. The van der Waals surface area contributed by atoms with Crippen LogP contribution in [0.4, 0.5) is 5.82 Å². The topological polar surface area (TPSA) is 83.3 Å². The average Bonchev–Trinajstić information content (AvgIpc) is 2.97. The predicted octanol–water partition coefficient (Wildman–Crippen LogP) is 2.15. The van der Waals surface area contributed by atoms with Gasteiger partial charge in [-0.25, -0.2) is 9.78 Å². The van der Waals surface area contributed by atoms with E-state index in [1.807, 2.05) is 13.0 Å². The molecule has 6 heteroatoms. The minimum Gasteiger partial charge on any atom is -0.467 e. The van der Waals surface area contributed by atoms with Crippen LogP contribution in [0.3, 0.4) is 0 Å². The van der Waals surface area contributed by atoms with Gasteiger partial charge in [-0.15, -0.1) is 0 Å². The number of anilines is 1. The Morgan fingerprint density at radius 2 is 2.37 bits per heavy atom. The zero-order valence-corrected chi connectivity index (χ0v) is 11.2. The van der Waals surface area contributed by atoms with E-state index in [0.717, 1.165) is 5.76 Å². The quantitative estimate of drug-likeness (QED) is 0.854. The smallest absolute Gasteiger partial charge is 0.360 e. The fraction of sp³-hybridized carbons (Fsp3) is 0.385. The van der Waals surface area contributed by atoms with Crippen molar-refractivity contribution in [1.82, 2.24) is 9.55 Å². The van der Waals surface area contributed by atoms with Crippen LogP contribution in [0, 0.1) is 6.92 Å². The number of nitrogens with two attached hydrogens (primary N) is 1. The molecule has 2 aromatic rings. The van der Waals surface area contributed by atoms with Gasteiger partial charge >= 0.3 is 5.97 Å². The van der Waals surface area contributed by atoms with Crippen LogP contribution >= 0.6 is 0 Å². The monoisotopic (exact) mass is 263 g/mol. The standard InChI is InChI=1S/C13H17N3O3/c1-4-18-13(17)11-12(14)16(9(3)15-11)8(2)10-6-5-7-19-10/h5-8H,4,14H2,1-3H3. The maximum absolute atomic E-state index is 11.7. The van der Waals surface area contributed by atoms with E-state index in [-0.39, 0.29) is 18.3 Å². The van der Waals surface area contributed by atoms with Crippen molar-refractivity contribution in [2.24, 2.45) is 0 Å². The summed E-state index contributed by atoms with van der Waals surface area (Å²) < 4.78 is 12.0. The van der Waals surface area contributed by atoms with E-state index in [9.17, 15) is 4.79 Å². The molecule has 0 fully saturated rings. The lowest BCUT2D eigenvalue weighted by Crippen LogP contribution is -2.13. The van der Waals surface area contributed by atoms with E-state index >= 15 is 0 Å². The highest BCUT2D eigenvalue weighted by Crippen LogP contribution is 2.26. The van der Waals surface area contributed by atoms with Crippen LogP contribution in [-0.2, 0) is 4.74 Å². The van der Waals surface area contributed by atoms with Crippen LogP contribution < -0.4 is 5.73 Å². The zero-order valence-electron chi connectivity index (χ0n) is 11.2. The number of aryl methyl sites for hydroxylation is 1. The molecule has 1 unspecified atom stereocenters. The third-order valence-electron chi connectivity index (χ3n) is 2.94. The molecular weight excluding hydrogens is 246 g/mol. The first-order chi connectivity index (χ1) is 9.06. The Bertz CT molecular complexity index is 572. The van der Waals surface area contributed by atoms with Crippen LogP contribution in [-0.4, -0.2) is 22.1 Å². The van der Waals surface area contributed by atoms with Crippen molar-refractivity contribution < 1.29 is 13.9 Å². The number of ether oxygens (including phenoxy) is 1. The van der Waals surface area contributed by atoms with E-state index in [4.69, 9.17) is 14.9 Å². The van der Waals surface area contributed by atoms with E-state index < -0.39 is 5.97 Å². The molecule has 0 spiro atoms. The molecule has 0 aliphatic rings. The summed E-state index contributed by atoms with van der Waals surface area (Å²) in [5.74, 6) is 1.18. The molecule has 0 aliphatic carbocycles. The number of imidazole rings is 1. The number of rotatable bonds is 4. The van der Waals surface area contributed by atoms with Crippen molar-refractivity contribution in [3.05, 3.63) is 35.7 Å². The Hall–Kier alpha value is -2.24. The van der Waals surface area contributed by atoms with E-state index in [2.05, 4.69) is 4.98 Å². The molecule has 6 nitrogen and oxygen atoms in total. The fourth-order valence-electron chi connectivity index (χ4n) is 2.06. The van der Waals surface area contributed by atoms with Gasteiger partial charge in [0.1, 0.15) is 17.4 Å². The van der Waals surface area contributed by atoms with Gasteiger partial charge in [0.05, 0.1) is 18.9 Å². The lowest BCUT2D eigenvalue weighted by molar-refractivity contribution is 0.0521. The van der Waals surface area contributed by atoms with Crippen molar-refractivity contribution >= 4 is 11.8 Å². The molecule has 19 heavy (non-hydrogen) atoms. The Balaban J connectivity index is 2.39. The normalized spacial score (nSPS) is 12.4. The molecule has 102 valence electrons. The largest absolute Gasteiger partial charge is 0.467 e. The number of furan rings is 1. The maximum atomic E-state index is 11.7. The molecule has 0 saturated heterocycles. The highest BCUT2D eigenvalue weighted by atomic mass is 16.5. The molecule has 2 N–H and O–H groups in total. The number of hydrogen-bond acceptors (Lipinski definition) is 5. The van der Waals surface area contributed by atoms with Gasteiger partial charge < -0.3 is 19.5 Å². The van der Waals surface area contributed by atoms with Crippen LogP contribution in [0.25, 0.3) is 0 Å². The summed E-state index contributed by atoms with van der Waals surface area (Å²) in [6.07, 6.45) is 1.60. The second-order valence-corrected chi connectivity index (χ2v) is 4.17. The molecule has 1 atom stereocenters. The highest BCUT2D eigenvalue weighted by molar-refractivity contribution is 5.92. The summed E-state index contributed by atoms with van der Waals surface area (Å²) in [5, 5.41) is 0. The lowest BCUT2D eigenvalue weighted by Gasteiger charge is -2.14. The first-order valence-electron chi connectivity index (χ1n) is 6.11. The summed E-state index contributed by atoms with van der Waals surface area (Å²) in [7, 11) is 0. The molecule has 2 rings (SSSR count). The van der Waals surface area contributed by atoms with Gasteiger partial charge in [0.2, 0.25) is 0 Å². The molecule has 0 aromatic carbocycles. The highest BCUT2D eigenvalue weighted by Gasteiger charge is 2.23. The minimum atomic E-state index is -0.506. The van der Waals surface area contributed by atoms with Crippen LogP contribution in [0.5, 0.6) is 0 Å². The van der Waals surface area contributed by atoms with Gasteiger partial charge in [-0.3, -0.25) is 0 Å². The van der Waals surface area contributed by atoms with Crippen molar-refractivity contribution in [3.63, 3.8) is 0 Å². The molecule has 0 saturated carbocycles. The van der Waals surface area contributed by atoms with Crippen LogP contribution in [0.2, 0.25) is 0 Å². The number of nitrogen functional groups attached to an aromatic ring is 1. The van der Waals surface area contributed by atoms with Crippen molar-refractivity contribution in [2.75, 3.05) is 12.3 Å². The minimum absolute atomic E-state index is 0.134. The Kier molecular flexibility index (Phi) is 3.59. The van der Waals surface area contributed by atoms with Gasteiger partial charge in [-0.05, 0) is 32.9 Å². The number of aromatic nitrogens is 2. The van der Waals surface area contributed by atoms with Crippen molar-refractivity contribution in [2.45, 2.75) is 26.8 Å². The zero-order chi connectivity index (χ0) is 14.0. The Labute approximate surface area is 111 Å². The number of hydrogen-bond donors (Lipinski definition) is 1. The molecule has 0 aliphatic heterocycles. The Morgan fingerprint density at radius 3 is 2.95 bits per heavy atom. The first kappa shape index (κ1) is 13.2. The second-order valence-electron chi connectivity index (χ2n) is 4.17. The number of nitrogens with zero attached hydrogens (tertiary/aromatic N) is 2. The van der Waals surface area contributed by atoms with E-state index in [1.165, 1.54) is 0 Å². The van der Waals surface area contributed by atoms with Crippen molar-refractivity contribution in [1.29, 1.82) is 0 Å². The third kappa shape index (κ3) is 2.33. The summed E-state index contributed by atoms with van der Waals surface area (Å²) in [6, 6.07) is 3.53. The van der Waals surface area contributed by atoms with Crippen molar-refractivity contribution in [3.8, 4) is 0 Å². The second kappa shape index (κ2) is 5.17. The molecule has 2 aromatic heterocycles. The third-order valence-corrected chi connectivity index (χ3v) is 2.94. The number of esters is 1. The molecule has 0 amide bonds. The lowest BCUT2D eigenvalue weighted by atomic mass is 10.2. The van der Waals surface area contributed by atoms with Gasteiger partial charge in [0.15, 0.2) is 5.69 Å². The molecule has 0 radical (unpaired) electrons. The van der Waals surface area contributed by atoms with Gasteiger partial charge in [0, 0.05) is 0 Å². The Morgan fingerprint density at radius 1 is 1.63 bits per heavy atom. The summed E-state index contributed by atoms with van der Waals surface area (Å²) in [5.41, 5.74) is 6.15. The molecule has 0 bridgehead atoms. The fourth-order valence-corrected chi connectivity index (χ4v) is 2.06. The summed E-state index contributed by atoms with van der Waals surface area (Å²) in [4.78, 5) is 15.9. The van der Waals surface area contributed by atoms with Gasteiger partial charge in [-0.1, -0.05) is 0 Å². The summed E-state index contributed by atoms with van der Waals surface area (Å²) in [6.45, 7) is 5.75. The number of carbonyl (C=O) groups is 1. The summed E-state index contributed by atoms with van der Waals surface area (Å²) >= 11 is 0. The van der Waals surface area contributed by atoms with Gasteiger partial charge in [-0.2, -0.15) is 0 Å². The van der Waals surface area contributed by atoms with Crippen LogP contribution in [0.1, 0.15) is 42.0 Å². The number of carbonyl (C=O) groups excluding carboxylic acids is 1. The van der Waals surface area contributed by atoms with Crippen LogP contribution in [0.15, 0.2) is 22.8 Å². The molecular formula is C13H17N3O3. The predicted molar refractivity (Wildman–Crippen MR) is 69.9 cm³/mol. The van der Waals surface area contributed by atoms with Gasteiger partial charge in [0.25, 0.3) is 0 Å². The molecule has 2 heterocycles. The van der Waals surface area contributed by atoms with E-state index in [0.29, 0.717) is 11.6 Å². The maximum Gasteiger partial charge on any atom is 0.360 e.